The van der Waals surface area contributed by atoms with Crippen molar-refractivity contribution in [3.8, 4) is 17.2 Å². The average molecular weight is 427 g/mol. The summed E-state index contributed by atoms with van der Waals surface area (Å²) in [4.78, 5) is 12.7. The molecule has 31 heavy (non-hydrogen) atoms. The smallest absolute Gasteiger partial charge is 0.315 e. The molecule has 0 spiro atoms. The molecule has 6 nitrogen and oxygen atoms in total. The molecule has 0 fully saturated rings. The van der Waals surface area contributed by atoms with Gasteiger partial charge in [0.25, 0.3) is 0 Å². The highest BCUT2D eigenvalue weighted by Crippen LogP contribution is 2.40. The summed E-state index contributed by atoms with van der Waals surface area (Å²) in [6.45, 7) is 7.20. The molecule has 0 radical (unpaired) electrons. The van der Waals surface area contributed by atoms with E-state index in [1.54, 1.807) is 44.6 Å². The van der Waals surface area contributed by atoms with Crippen LogP contribution in [0.25, 0.3) is 6.08 Å². The fourth-order valence-corrected chi connectivity index (χ4v) is 3.01. The molecule has 0 aromatic heterocycles. The van der Waals surface area contributed by atoms with Crippen molar-refractivity contribution in [1.29, 1.82) is 0 Å². The Labute approximate surface area is 184 Å². The van der Waals surface area contributed by atoms with Crippen LogP contribution in [0, 0.1) is 0 Å². The van der Waals surface area contributed by atoms with E-state index in [0.29, 0.717) is 28.4 Å². The van der Waals surface area contributed by atoms with Crippen LogP contribution in [0.2, 0.25) is 0 Å². The van der Waals surface area contributed by atoms with Gasteiger partial charge in [-0.15, -0.1) is 6.58 Å². The lowest BCUT2D eigenvalue weighted by molar-refractivity contribution is -0.219. The quantitative estimate of drug-likeness (QED) is 0.218. The van der Waals surface area contributed by atoms with E-state index in [9.17, 15) is 4.79 Å². The Balaban J connectivity index is 2.33. The van der Waals surface area contributed by atoms with Crippen LogP contribution >= 0.6 is 0 Å². The van der Waals surface area contributed by atoms with Gasteiger partial charge in [0, 0.05) is 30.8 Å². The second-order valence-electron chi connectivity index (χ2n) is 7.29. The van der Waals surface area contributed by atoms with Gasteiger partial charge >= 0.3 is 6.48 Å². The van der Waals surface area contributed by atoms with Crippen molar-refractivity contribution in [1.82, 2.24) is 0 Å². The summed E-state index contributed by atoms with van der Waals surface area (Å²) in [5.74, 6) is 1.61. The predicted molar refractivity (Wildman–Crippen MR) is 121 cm³/mol. The average Bonchev–Trinajstić information content (AvgIpc) is 2.80. The van der Waals surface area contributed by atoms with E-state index >= 15 is 0 Å². The van der Waals surface area contributed by atoms with Gasteiger partial charge in [0.05, 0.1) is 19.8 Å². The summed E-state index contributed by atoms with van der Waals surface area (Å²) in [6.07, 6.45) is 5.06. The number of carbonyl (C=O) groups is 1. The second-order valence-corrected chi connectivity index (χ2v) is 7.29. The molecule has 6 heteroatoms. The van der Waals surface area contributed by atoms with E-state index in [1.807, 2.05) is 32.1 Å². The lowest BCUT2D eigenvalue weighted by atomic mass is 9.83. The fraction of sp³-hybridized carbons (Fsp3) is 0.320. The lowest BCUT2D eigenvalue weighted by Gasteiger charge is -2.25. The van der Waals surface area contributed by atoms with Crippen LogP contribution < -0.4 is 14.2 Å². The van der Waals surface area contributed by atoms with Crippen molar-refractivity contribution >= 4 is 11.9 Å². The molecule has 0 heterocycles. The van der Waals surface area contributed by atoms with Gasteiger partial charge in [0.1, 0.15) is 17.2 Å². The number of ketones is 1. The van der Waals surface area contributed by atoms with Crippen molar-refractivity contribution < 1.29 is 28.5 Å². The minimum Gasteiger partial charge on any atom is -0.496 e. The fourth-order valence-electron chi connectivity index (χ4n) is 3.01. The van der Waals surface area contributed by atoms with E-state index in [2.05, 4.69) is 6.58 Å². The number of carbonyl (C=O) groups excluding carboxylic acids is 1. The molecule has 0 aliphatic carbocycles. The summed E-state index contributed by atoms with van der Waals surface area (Å²) in [5.41, 5.74) is 1.83. The van der Waals surface area contributed by atoms with Crippen LogP contribution in [-0.2, 0) is 14.9 Å². The zero-order chi connectivity index (χ0) is 23.0. The largest absolute Gasteiger partial charge is 0.496 e. The number of benzene rings is 2. The Morgan fingerprint density at radius 3 is 2.13 bits per heavy atom. The van der Waals surface area contributed by atoms with Crippen LogP contribution in [0.3, 0.4) is 0 Å². The highest BCUT2D eigenvalue weighted by molar-refractivity contribution is 6.07. The summed E-state index contributed by atoms with van der Waals surface area (Å²) < 4.78 is 26.7. The maximum absolute atomic E-state index is 12.7. The van der Waals surface area contributed by atoms with Crippen molar-refractivity contribution in [2.75, 3.05) is 28.4 Å². The maximum atomic E-state index is 12.7. The molecule has 0 amide bonds. The molecule has 2 aromatic carbocycles. The Bertz CT molecular complexity index is 924. The number of hydrogen-bond acceptors (Lipinski definition) is 6. The molecule has 166 valence electrons. The van der Waals surface area contributed by atoms with Gasteiger partial charge in [0.2, 0.25) is 0 Å². The Morgan fingerprint density at radius 2 is 1.61 bits per heavy atom. The third kappa shape index (κ3) is 5.75. The Morgan fingerprint density at radius 1 is 0.968 bits per heavy atom. The monoisotopic (exact) mass is 426 g/mol. The van der Waals surface area contributed by atoms with Crippen molar-refractivity contribution in [2.24, 2.45) is 0 Å². The molecule has 0 N–H and O–H groups in total. The molecule has 2 aromatic rings. The zero-order valence-electron chi connectivity index (χ0n) is 18.9. The minimum absolute atomic E-state index is 0.168. The highest BCUT2D eigenvalue weighted by Gasteiger charge is 2.24. The highest BCUT2D eigenvalue weighted by atomic mass is 16.8. The maximum Gasteiger partial charge on any atom is 0.315 e. The van der Waals surface area contributed by atoms with Gasteiger partial charge in [-0.1, -0.05) is 26.0 Å². The van der Waals surface area contributed by atoms with Gasteiger partial charge in [-0.05, 0) is 42.5 Å². The third-order valence-corrected chi connectivity index (χ3v) is 4.94. The normalized spacial score (nSPS) is 11.6. The van der Waals surface area contributed by atoms with E-state index in [0.717, 1.165) is 5.56 Å². The molecule has 0 saturated carbocycles. The number of hydrogen-bond donors (Lipinski definition) is 0. The second kappa shape index (κ2) is 10.8. The first kappa shape index (κ1) is 24.2. The summed E-state index contributed by atoms with van der Waals surface area (Å²) in [7, 11) is 6.13. The van der Waals surface area contributed by atoms with E-state index in [-0.39, 0.29) is 11.2 Å². The van der Waals surface area contributed by atoms with Gasteiger partial charge in [0.15, 0.2) is 5.78 Å². The van der Waals surface area contributed by atoms with E-state index in [4.69, 9.17) is 23.7 Å². The van der Waals surface area contributed by atoms with Gasteiger partial charge in [-0.2, -0.15) is 0 Å². The predicted octanol–water partition coefficient (Wildman–Crippen LogP) is 5.02. The van der Waals surface area contributed by atoms with Gasteiger partial charge < -0.3 is 23.7 Å². The van der Waals surface area contributed by atoms with Crippen molar-refractivity contribution in [2.45, 2.75) is 25.7 Å². The van der Waals surface area contributed by atoms with Gasteiger partial charge in [-0.3, -0.25) is 4.79 Å². The summed E-state index contributed by atoms with van der Waals surface area (Å²) in [6, 6.07) is 10.5. The molecule has 0 unspecified atom stereocenters. The van der Waals surface area contributed by atoms with Crippen LogP contribution in [0.15, 0.2) is 55.1 Å². The number of methoxy groups -OCH3 is 4. The molecule has 2 rings (SSSR count). The number of allylic oxidation sites excluding steroid dienone is 2. The first-order valence-electron chi connectivity index (χ1n) is 9.75. The summed E-state index contributed by atoms with van der Waals surface area (Å²) in [5, 5.41) is 0. The first-order chi connectivity index (χ1) is 14.8. The number of rotatable bonds is 11. The minimum atomic E-state index is -0.812. The van der Waals surface area contributed by atoms with E-state index < -0.39 is 6.48 Å². The topological polar surface area (TPSA) is 63.2 Å². The zero-order valence-corrected chi connectivity index (χ0v) is 18.9. The van der Waals surface area contributed by atoms with Crippen LogP contribution in [0.4, 0.5) is 0 Å². The van der Waals surface area contributed by atoms with Crippen LogP contribution in [0.1, 0.15) is 35.3 Å². The van der Waals surface area contributed by atoms with Crippen molar-refractivity contribution in [3.63, 3.8) is 0 Å². The van der Waals surface area contributed by atoms with Crippen LogP contribution in [-0.4, -0.2) is 40.7 Å². The Kier molecular flexibility index (Phi) is 8.42. The lowest BCUT2D eigenvalue weighted by Crippen LogP contribution is -2.20. The first-order valence-corrected chi connectivity index (χ1v) is 9.75. The molecule has 0 aliphatic rings. The molecule has 0 atom stereocenters. The summed E-state index contributed by atoms with van der Waals surface area (Å²) >= 11 is 0. The van der Waals surface area contributed by atoms with Gasteiger partial charge in [-0.25, -0.2) is 0 Å². The van der Waals surface area contributed by atoms with Crippen LogP contribution in [0.5, 0.6) is 17.2 Å². The SMILES string of the molecule is C=CC(C)(C)c1ccc(OC)c(/C=C/C(=O)c2ccc(OC(OC)OC)cc2)c1OC. The number of ether oxygens (including phenoxy) is 5. The molecule has 0 bridgehead atoms. The molecular weight excluding hydrogens is 396 g/mol. The molecule has 0 aliphatic heterocycles. The Hall–Kier alpha value is -3.09. The molecule has 0 saturated heterocycles. The third-order valence-electron chi connectivity index (χ3n) is 4.94. The van der Waals surface area contributed by atoms with Crippen molar-refractivity contribution in [3.05, 3.63) is 71.8 Å². The van der Waals surface area contributed by atoms with E-state index in [1.165, 1.54) is 20.3 Å². The standard InChI is InChI=1S/C25H30O6/c1-8-25(2,3)20-14-16-22(27-4)19(23(20)28-5)13-15-21(26)17-9-11-18(12-10-17)31-24(29-6)30-7/h8-16,24H,1H2,2-7H3/b15-13+. The molecular formula is C25H30O6.